The van der Waals surface area contributed by atoms with Crippen LogP contribution < -0.4 is 5.32 Å². The van der Waals surface area contributed by atoms with Gasteiger partial charge in [0.1, 0.15) is 0 Å². The number of pyridine rings is 1. The molecule has 1 N–H and O–H groups in total. The van der Waals surface area contributed by atoms with Gasteiger partial charge in [-0.05, 0) is 25.7 Å². The van der Waals surface area contributed by atoms with Crippen LogP contribution in [0.1, 0.15) is 5.56 Å². The Morgan fingerprint density at radius 3 is 3.00 bits per heavy atom. The molecule has 0 saturated heterocycles. The van der Waals surface area contributed by atoms with Crippen LogP contribution in [0.15, 0.2) is 24.5 Å². The van der Waals surface area contributed by atoms with Gasteiger partial charge < -0.3 is 5.32 Å². The molecule has 0 aromatic carbocycles. The van der Waals surface area contributed by atoms with Gasteiger partial charge in [0, 0.05) is 25.6 Å². The van der Waals surface area contributed by atoms with Crippen LogP contribution in [0.4, 0.5) is 0 Å². The summed E-state index contributed by atoms with van der Waals surface area (Å²) in [7, 11) is 4.02. The Labute approximate surface area is 73.4 Å². The average Bonchev–Trinajstić information content (AvgIpc) is 2.06. The Kier molecular flexibility index (Phi) is 3.70. The van der Waals surface area contributed by atoms with Crippen LogP contribution in [-0.2, 0) is 6.54 Å². The molecule has 0 radical (unpaired) electrons. The van der Waals surface area contributed by atoms with Gasteiger partial charge in [-0.2, -0.15) is 0 Å². The van der Waals surface area contributed by atoms with Gasteiger partial charge in [0.25, 0.3) is 0 Å². The molecule has 0 saturated carbocycles. The largest absolute Gasteiger partial charge is 0.307 e. The SMILES string of the molecule is CNCN(C)Cc1cccnc1. The topological polar surface area (TPSA) is 28.2 Å². The van der Waals surface area contributed by atoms with Gasteiger partial charge in [-0.1, -0.05) is 6.07 Å². The molecular formula is C9H15N3. The van der Waals surface area contributed by atoms with E-state index in [0.717, 1.165) is 13.2 Å². The maximum atomic E-state index is 4.05. The minimum absolute atomic E-state index is 0.898. The highest BCUT2D eigenvalue weighted by Gasteiger charge is 1.96. The number of aromatic nitrogens is 1. The fraction of sp³-hybridized carbons (Fsp3) is 0.444. The molecule has 1 aromatic heterocycles. The van der Waals surface area contributed by atoms with Crippen molar-refractivity contribution in [2.75, 3.05) is 20.8 Å². The van der Waals surface area contributed by atoms with Crippen molar-refractivity contribution >= 4 is 0 Å². The second kappa shape index (κ2) is 4.85. The lowest BCUT2D eigenvalue weighted by atomic mass is 10.3. The van der Waals surface area contributed by atoms with E-state index in [0.29, 0.717) is 0 Å². The van der Waals surface area contributed by atoms with Crippen molar-refractivity contribution < 1.29 is 0 Å². The van der Waals surface area contributed by atoms with Gasteiger partial charge in [0.05, 0.1) is 0 Å². The second-order valence-corrected chi connectivity index (χ2v) is 2.89. The molecule has 0 amide bonds. The zero-order chi connectivity index (χ0) is 8.81. The fourth-order valence-electron chi connectivity index (χ4n) is 1.13. The summed E-state index contributed by atoms with van der Waals surface area (Å²) in [4.78, 5) is 6.24. The van der Waals surface area contributed by atoms with Crippen molar-refractivity contribution in [3.05, 3.63) is 30.1 Å². The van der Waals surface area contributed by atoms with E-state index in [-0.39, 0.29) is 0 Å². The van der Waals surface area contributed by atoms with Crippen LogP contribution in [0.5, 0.6) is 0 Å². The quantitative estimate of drug-likeness (QED) is 0.665. The van der Waals surface area contributed by atoms with Crippen LogP contribution in [0.2, 0.25) is 0 Å². The molecule has 1 rings (SSSR count). The van der Waals surface area contributed by atoms with Crippen molar-refractivity contribution in [1.29, 1.82) is 0 Å². The van der Waals surface area contributed by atoms with Gasteiger partial charge in [-0.25, -0.2) is 0 Å². The number of hydrogen-bond donors (Lipinski definition) is 1. The summed E-state index contributed by atoms with van der Waals surface area (Å²) in [5.74, 6) is 0. The maximum Gasteiger partial charge on any atom is 0.0478 e. The summed E-state index contributed by atoms with van der Waals surface area (Å²) >= 11 is 0. The van der Waals surface area contributed by atoms with E-state index in [9.17, 15) is 0 Å². The number of rotatable bonds is 4. The lowest BCUT2D eigenvalue weighted by Crippen LogP contribution is -2.27. The van der Waals surface area contributed by atoms with Gasteiger partial charge in [-0.15, -0.1) is 0 Å². The zero-order valence-electron chi connectivity index (χ0n) is 7.62. The average molecular weight is 165 g/mol. The fourth-order valence-corrected chi connectivity index (χ4v) is 1.13. The monoisotopic (exact) mass is 165 g/mol. The van der Waals surface area contributed by atoms with E-state index in [2.05, 4.69) is 28.3 Å². The lowest BCUT2D eigenvalue weighted by molar-refractivity contribution is 0.309. The van der Waals surface area contributed by atoms with E-state index in [1.54, 1.807) is 6.20 Å². The highest BCUT2D eigenvalue weighted by molar-refractivity contribution is 5.07. The molecule has 3 nitrogen and oxygen atoms in total. The minimum atomic E-state index is 0.898. The van der Waals surface area contributed by atoms with Gasteiger partial charge >= 0.3 is 0 Å². The molecule has 0 unspecified atom stereocenters. The van der Waals surface area contributed by atoms with Crippen LogP contribution in [0.3, 0.4) is 0 Å². The molecule has 0 aliphatic heterocycles. The first kappa shape index (κ1) is 9.16. The van der Waals surface area contributed by atoms with Crippen molar-refractivity contribution in [1.82, 2.24) is 15.2 Å². The standard InChI is InChI=1S/C9H15N3/c1-10-8-12(2)7-9-4-3-5-11-6-9/h3-6,10H,7-8H2,1-2H3. The number of nitrogens with one attached hydrogen (secondary N) is 1. The Morgan fingerprint density at radius 1 is 1.58 bits per heavy atom. The highest BCUT2D eigenvalue weighted by atomic mass is 15.2. The highest BCUT2D eigenvalue weighted by Crippen LogP contribution is 1.98. The predicted octanol–water partition coefficient (Wildman–Crippen LogP) is 0.690. The number of hydrogen-bond acceptors (Lipinski definition) is 3. The van der Waals surface area contributed by atoms with Crippen LogP contribution in [-0.4, -0.2) is 30.6 Å². The second-order valence-electron chi connectivity index (χ2n) is 2.89. The molecule has 0 bridgehead atoms. The summed E-state index contributed by atoms with van der Waals surface area (Å²) in [6, 6.07) is 4.04. The molecule has 3 heteroatoms. The molecule has 1 heterocycles. The third-order valence-electron chi connectivity index (χ3n) is 1.60. The van der Waals surface area contributed by atoms with Crippen molar-refractivity contribution in [3.63, 3.8) is 0 Å². The van der Waals surface area contributed by atoms with Gasteiger partial charge in [0.2, 0.25) is 0 Å². The van der Waals surface area contributed by atoms with Crippen LogP contribution >= 0.6 is 0 Å². The first-order valence-corrected chi connectivity index (χ1v) is 4.05. The molecule has 0 fully saturated rings. The van der Waals surface area contributed by atoms with Crippen LogP contribution in [0, 0.1) is 0 Å². The third kappa shape index (κ3) is 2.98. The molecule has 1 aromatic rings. The summed E-state index contributed by atoms with van der Waals surface area (Å²) < 4.78 is 0. The molecule has 12 heavy (non-hydrogen) atoms. The Morgan fingerprint density at radius 2 is 2.42 bits per heavy atom. The summed E-state index contributed by atoms with van der Waals surface area (Å²) in [6.07, 6.45) is 3.69. The zero-order valence-corrected chi connectivity index (χ0v) is 7.62. The Hall–Kier alpha value is -0.930. The van der Waals surface area contributed by atoms with E-state index >= 15 is 0 Å². The first-order valence-electron chi connectivity index (χ1n) is 4.05. The minimum Gasteiger partial charge on any atom is -0.307 e. The first-order chi connectivity index (χ1) is 5.83. The lowest BCUT2D eigenvalue weighted by Gasteiger charge is -2.15. The van der Waals surface area contributed by atoms with Crippen molar-refractivity contribution in [3.8, 4) is 0 Å². The summed E-state index contributed by atoms with van der Waals surface area (Å²) in [5, 5.41) is 3.09. The van der Waals surface area contributed by atoms with E-state index < -0.39 is 0 Å². The Balaban J connectivity index is 2.41. The summed E-state index contributed by atoms with van der Waals surface area (Å²) in [5.41, 5.74) is 1.25. The number of nitrogens with zero attached hydrogens (tertiary/aromatic N) is 2. The predicted molar refractivity (Wildman–Crippen MR) is 49.6 cm³/mol. The third-order valence-corrected chi connectivity index (χ3v) is 1.60. The smallest absolute Gasteiger partial charge is 0.0478 e. The maximum absolute atomic E-state index is 4.05. The van der Waals surface area contributed by atoms with Crippen molar-refractivity contribution in [2.45, 2.75) is 6.54 Å². The molecule has 0 aliphatic carbocycles. The normalized spacial score (nSPS) is 10.6. The molecular weight excluding hydrogens is 150 g/mol. The molecule has 66 valence electrons. The van der Waals surface area contributed by atoms with E-state index in [1.165, 1.54) is 5.56 Å². The van der Waals surface area contributed by atoms with Crippen molar-refractivity contribution in [2.24, 2.45) is 0 Å². The summed E-state index contributed by atoms with van der Waals surface area (Å²) in [6.45, 7) is 1.84. The van der Waals surface area contributed by atoms with Gasteiger partial charge in [-0.3, -0.25) is 9.88 Å². The molecule has 0 aliphatic rings. The van der Waals surface area contributed by atoms with Gasteiger partial charge in [0.15, 0.2) is 0 Å². The molecule has 0 atom stereocenters. The van der Waals surface area contributed by atoms with E-state index in [1.807, 2.05) is 19.3 Å². The van der Waals surface area contributed by atoms with E-state index in [4.69, 9.17) is 0 Å². The Bertz CT molecular complexity index is 210. The molecule has 0 spiro atoms. The van der Waals surface area contributed by atoms with Crippen LogP contribution in [0.25, 0.3) is 0 Å².